The largest absolute Gasteiger partial charge is 0.507 e. The SMILES string of the molecule is COC(=O)C[C@H](c1ccc2c(c1)OCO2)c1c(O)cc(C)n(CCc2c[nH]c3ccccc23)c1=O. The van der Waals surface area contributed by atoms with Gasteiger partial charge in [0.15, 0.2) is 11.5 Å². The highest BCUT2D eigenvalue weighted by Crippen LogP contribution is 2.39. The number of hydrogen-bond donors (Lipinski definition) is 2. The Kier molecular flexibility index (Phi) is 5.94. The Morgan fingerprint density at radius 2 is 1.97 bits per heavy atom. The summed E-state index contributed by atoms with van der Waals surface area (Å²) in [5, 5.41) is 12.0. The summed E-state index contributed by atoms with van der Waals surface area (Å²) in [6.45, 7) is 2.32. The Bertz CT molecular complexity index is 1470. The Labute approximate surface area is 201 Å². The molecular formula is C27H26N2O6. The topological polar surface area (TPSA) is 103 Å². The fraction of sp³-hybridized carbons (Fsp3) is 0.259. The summed E-state index contributed by atoms with van der Waals surface area (Å²) in [5.41, 5.74) is 3.24. The quantitative estimate of drug-likeness (QED) is 0.393. The third-order valence-electron chi connectivity index (χ3n) is 6.55. The van der Waals surface area contributed by atoms with Gasteiger partial charge in [-0.15, -0.1) is 0 Å². The van der Waals surface area contributed by atoms with Gasteiger partial charge in [-0.05, 0) is 48.7 Å². The molecule has 0 saturated heterocycles. The van der Waals surface area contributed by atoms with Crippen LogP contribution < -0.4 is 15.0 Å². The van der Waals surface area contributed by atoms with Crippen molar-refractivity contribution >= 4 is 16.9 Å². The first-order valence-corrected chi connectivity index (χ1v) is 11.4. The summed E-state index contributed by atoms with van der Waals surface area (Å²) in [4.78, 5) is 29.3. The van der Waals surface area contributed by atoms with E-state index in [-0.39, 0.29) is 30.1 Å². The van der Waals surface area contributed by atoms with Gasteiger partial charge in [0, 0.05) is 35.3 Å². The molecule has 3 heterocycles. The average Bonchev–Trinajstić information content (AvgIpc) is 3.49. The minimum Gasteiger partial charge on any atom is -0.507 e. The molecule has 35 heavy (non-hydrogen) atoms. The molecule has 0 unspecified atom stereocenters. The molecule has 5 rings (SSSR count). The van der Waals surface area contributed by atoms with Crippen LogP contribution in [0.1, 0.15) is 34.7 Å². The van der Waals surface area contributed by atoms with Crippen molar-refractivity contribution in [3.63, 3.8) is 0 Å². The molecule has 0 amide bonds. The van der Waals surface area contributed by atoms with Crippen molar-refractivity contribution in [3.05, 3.63) is 87.5 Å². The number of H-pyrrole nitrogens is 1. The molecule has 0 saturated carbocycles. The minimum absolute atomic E-state index is 0.107. The van der Waals surface area contributed by atoms with Gasteiger partial charge in [-0.2, -0.15) is 0 Å². The fourth-order valence-corrected chi connectivity index (χ4v) is 4.71. The van der Waals surface area contributed by atoms with Gasteiger partial charge in [-0.25, -0.2) is 0 Å². The molecule has 4 aromatic rings. The van der Waals surface area contributed by atoms with Crippen LogP contribution in [0.5, 0.6) is 17.2 Å². The van der Waals surface area contributed by atoms with Crippen LogP contribution >= 0.6 is 0 Å². The van der Waals surface area contributed by atoms with E-state index in [1.165, 1.54) is 7.11 Å². The summed E-state index contributed by atoms with van der Waals surface area (Å²) in [7, 11) is 1.30. The first kappa shape index (κ1) is 22.6. The maximum absolute atomic E-state index is 13.7. The smallest absolute Gasteiger partial charge is 0.306 e. The molecule has 2 N–H and O–H groups in total. The number of aromatic nitrogens is 2. The van der Waals surface area contributed by atoms with Crippen LogP contribution in [0.4, 0.5) is 0 Å². The summed E-state index contributed by atoms with van der Waals surface area (Å²) >= 11 is 0. The molecule has 1 aliphatic rings. The molecule has 180 valence electrons. The second kappa shape index (κ2) is 9.21. The number of para-hydroxylation sites is 1. The molecule has 8 nitrogen and oxygen atoms in total. The second-order valence-electron chi connectivity index (χ2n) is 8.60. The van der Waals surface area contributed by atoms with Gasteiger partial charge in [0.05, 0.1) is 19.1 Å². The molecule has 0 spiro atoms. The first-order chi connectivity index (χ1) is 17.0. The van der Waals surface area contributed by atoms with Crippen LogP contribution in [-0.4, -0.2) is 34.5 Å². The number of hydrogen-bond acceptors (Lipinski definition) is 6. The van der Waals surface area contributed by atoms with Gasteiger partial charge in [0.1, 0.15) is 5.75 Å². The van der Waals surface area contributed by atoms with E-state index in [1.54, 1.807) is 35.8 Å². The highest BCUT2D eigenvalue weighted by molar-refractivity contribution is 5.83. The number of benzene rings is 2. The lowest BCUT2D eigenvalue weighted by Crippen LogP contribution is -2.29. The third kappa shape index (κ3) is 4.23. The van der Waals surface area contributed by atoms with Crippen LogP contribution in [-0.2, 0) is 22.5 Å². The molecular weight excluding hydrogens is 448 g/mol. The van der Waals surface area contributed by atoms with Crippen molar-refractivity contribution in [2.24, 2.45) is 0 Å². The van der Waals surface area contributed by atoms with Crippen LogP contribution in [0.25, 0.3) is 10.9 Å². The predicted octanol–water partition coefficient (Wildman–Crippen LogP) is 4.01. The van der Waals surface area contributed by atoms with Crippen molar-refractivity contribution in [3.8, 4) is 17.2 Å². The Hall–Kier alpha value is -4.20. The van der Waals surface area contributed by atoms with E-state index >= 15 is 0 Å². The maximum Gasteiger partial charge on any atom is 0.306 e. The zero-order valence-electron chi connectivity index (χ0n) is 19.5. The number of carbonyl (C=O) groups is 1. The molecule has 8 heteroatoms. The van der Waals surface area contributed by atoms with E-state index < -0.39 is 11.9 Å². The zero-order valence-corrected chi connectivity index (χ0v) is 19.5. The minimum atomic E-state index is -0.718. The predicted molar refractivity (Wildman–Crippen MR) is 130 cm³/mol. The third-order valence-corrected chi connectivity index (χ3v) is 6.55. The normalized spacial score (nSPS) is 13.2. The second-order valence-corrected chi connectivity index (χ2v) is 8.60. The van der Waals surface area contributed by atoms with Crippen molar-refractivity contribution < 1.29 is 24.1 Å². The lowest BCUT2D eigenvalue weighted by atomic mass is 9.88. The Morgan fingerprint density at radius 3 is 2.80 bits per heavy atom. The number of fused-ring (bicyclic) bond motifs is 2. The molecule has 0 fully saturated rings. The standard InChI is InChI=1S/C27H26N2O6/c1-16-11-22(30)26(20(13-25(31)33-2)17-7-8-23-24(12-17)35-15-34-23)27(32)29(16)10-9-18-14-28-21-6-4-3-5-19(18)21/h3-8,11-12,14,20,28,30H,9-10,13,15H2,1-2H3/t20-/m1/s1. The van der Waals surface area contributed by atoms with E-state index in [0.717, 1.165) is 16.5 Å². The fourth-order valence-electron chi connectivity index (χ4n) is 4.71. The summed E-state index contributed by atoms with van der Waals surface area (Å²) < 4.78 is 17.4. The number of pyridine rings is 1. The van der Waals surface area contributed by atoms with Crippen LogP contribution in [0.3, 0.4) is 0 Å². The van der Waals surface area contributed by atoms with E-state index in [4.69, 9.17) is 14.2 Å². The number of esters is 1. The average molecular weight is 475 g/mol. The maximum atomic E-state index is 13.7. The Balaban J connectivity index is 1.54. The lowest BCUT2D eigenvalue weighted by Gasteiger charge is -2.21. The van der Waals surface area contributed by atoms with E-state index in [9.17, 15) is 14.7 Å². The van der Waals surface area contributed by atoms with Crippen LogP contribution in [0.15, 0.2) is 59.5 Å². The van der Waals surface area contributed by atoms with Gasteiger partial charge in [-0.1, -0.05) is 24.3 Å². The highest BCUT2D eigenvalue weighted by atomic mass is 16.7. The van der Waals surface area contributed by atoms with Crippen molar-refractivity contribution in [1.82, 2.24) is 9.55 Å². The van der Waals surface area contributed by atoms with Gasteiger partial charge >= 0.3 is 5.97 Å². The number of carbonyl (C=O) groups excluding carboxylic acids is 1. The first-order valence-electron chi connectivity index (χ1n) is 11.4. The van der Waals surface area contributed by atoms with Gasteiger partial charge in [-0.3, -0.25) is 9.59 Å². The lowest BCUT2D eigenvalue weighted by molar-refractivity contribution is -0.140. The number of nitrogens with zero attached hydrogens (tertiary/aromatic N) is 1. The van der Waals surface area contributed by atoms with Crippen LogP contribution in [0, 0.1) is 6.92 Å². The number of nitrogens with one attached hydrogen (secondary N) is 1. The number of aryl methyl sites for hydroxylation is 2. The van der Waals surface area contributed by atoms with Gasteiger partial charge in [0.25, 0.3) is 5.56 Å². The zero-order chi connectivity index (χ0) is 24.5. The summed E-state index contributed by atoms with van der Waals surface area (Å²) in [5.74, 6) is -0.234. The number of ether oxygens (including phenoxy) is 3. The van der Waals surface area contributed by atoms with Gasteiger partial charge in [0.2, 0.25) is 6.79 Å². The molecule has 1 atom stereocenters. The van der Waals surface area contributed by atoms with Gasteiger partial charge < -0.3 is 28.9 Å². The molecule has 0 radical (unpaired) electrons. The molecule has 2 aromatic carbocycles. The number of rotatable bonds is 7. The van der Waals surface area contributed by atoms with Crippen molar-refractivity contribution in [2.45, 2.75) is 32.2 Å². The molecule has 1 aliphatic heterocycles. The van der Waals surface area contributed by atoms with E-state index in [0.29, 0.717) is 35.7 Å². The number of aromatic hydroxyl groups is 1. The van der Waals surface area contributed by atoms with E-state index in [2.05, 4.69) is 4.98 Å². The summed E-state index contributed by atoms with van der Waals surface area (Å²) in [6, 6.07) is 14.8. The molecule has 0 aliphatic carbocycles. The summed E-state index contributed by atoms with van der Waals surface area (Å²) in [6.07, 6.45) is 2.48. The van der Waals surface area contributed by atoms with Crippen molar-refractivity contribution in [2.75, 3.05) is 13.9 Å². The van der Waals surface area contributed by atoms with E-state index in [1.807, 2.05) is 30.5 Å². The number of methoxy groups -OCH3 is 1. The monoisotopic (exact) mass is 474 g/mol. The molecule has 0 bridgehead atoms. The number of aromatic amines is 1. The van der Waals surface area contributed by atoms with Crippen LogP contribution in [0.2, 0.25) is 0 Å². The molecule has 2 aromatic heterocycles. The highest BCUT2D eigenvalue weighted by Gasteiger charge is 2.28. The Morgan fingerprint density at radius 1 is 1.17 bits per heavy atom. The van der Waals surface area contributed by atoms with Crippen molar-refractivity contribution in [1.29, 1.82) is 0 Å².